The summed E-state index contributed by atoms with van der Waals surface area (Å²) in [6.07, 6.45) is 3.42. The highest BCUT2D eigenvalue weighted by Gasteiger charge is 2.63. The maximum atomic E-state index is 13.0. The third kappa shape index (κ3) is 2.76. The number of fused-ring (bicyclic) bond motifs is 2. The second-order valence-electron chi connectivity index (χ2n) is 9.65. The largest absolute Gasteiger partial charge is 0.509 e. The number of carbonyl (C=O) groups is 2. The van der Waals surface area contributed by atoms with E-state index in [0.29, 0.717) is 18.4 Å². The van der Waals surface area contributed by atoms with Gasteiger partial charge in [0.15, 0.2) is 12.1 Å². The molecule has 0 aromatic heterocycles. The van der Waals surface area contributed by atoms with Gasteiger partial charge in [0.05, 0.1) is 29.6 Å². The molecule has 8 atom stereocenters. The summed E-state index contributed by atoms with van der Waals surface area (Å²) in [5.74, 6) is -1.52. The highest BCUT2D eigenvalue weighted by Crippen LogP contribution is 2.57. The van der Waals surface area contributed by atoms with Crippen LogP contribution in [0.3, 0.4) is 0 Å². The Bertz CT molecular complexity index is 1020. The molecule has 0 spiro atoms. The SMILES string of the molecule is CC1=C[C@H]2C(O)=C(C)C(=O)N2C2=CC(=O)C=C3[C@@H](O[C@@H]4CC[C@H](O)[C@H](C)O4)[C@H](C)[C@@H]1[C@]32O. The number of ether oxygens (including phenoxy) is 2. The molecule has 8 heteroatoms. The number of hydrogen-bond acceptors (Lipinski definition) is 7. The second-order valence-corrected chi connectivity index (χ2v) is 9.65. The Morgan fingerprint density at radius 2 is 1.91 bits per heavy atom. The number of aliphatic hydroxyl groups is 3. The summed E-state index contributed by atoms with van der Waals surface area (Å²) in [7, 11) is 0. The normalized spacial score (nSPS) is 43.5. The molecule has 2 fully saturated rings. The minimum absolute atomic E-state index is 0.0639. The third-order valence-corrected chi connectivity index (χ3v) is 7.73. The molecule has 3 heterocycles. The summed E-state index contributed by atoms with van der Waals surface area (Å²) in [4.78, 5) is 27.1. The molecule has 0 bridgehead atoms. The predicted molar refractivity (Wildman–Crippen MR) is 113 cm³/mol. The van der Waals surface area contributed by atoms with Crippen LogP contribution < -0.4 is 0 Å². The van der Waals surface area contributed by atoms with Crippen molar-refractivity contribution in [2.45, 2.75) is 76.8 Å². The number of carbonyl (C=O) groups excluding carboxylic acids is 2. The van der Waals surface area contributed by atoms with Gasteiger partial charge in [-0.05, 0) is 39.2 Å². The Kier molecular flexibility index (Phi) is 4.80. The first-order chi connectivity index (χ1) is 15.1. The van der Waals surface area contributed by atoms with Gasteiger partial charge >= 0.3 is 0 Å². The van der Waals surface area contributed by atoms with E-state index >= 15 is 0 Å². The molecule has 5 aliphatic rings. The molecular weight excluding hydrogens is 414 g/mol. The first kappa shape index (κ1) is 21.6. The monoisotopic (exact) mass is 443 g/mol. The van der Waals surface area contributed by atoms with Crippen molar-refractivity contribution in [2.24, 2.45) is 11.8 Å². The summed E-state index contributed by atoms with van der Waals surface area (Å²) < 4.78 is 12.1. The number of aliphatic hydroxyl groups excluding tert-OH is 2. The Labute approximate surface area is 186 Å². The van der Waals surface area contributed by atoms with Crippen LogP contribution in [0.4, 0.5) is 0 Å². The van der Waals surface area contributed by atoms with Crippen LogP contribution in [0.25, 0.3) is 0 Å². The maximum absolute atomic E-state index is 13.0. The van der Waals surface area contributed by atoms with Gasteiger partial charge in [-0.25, -0.2) is 0 Å². The lowest BCUT2D eigenvalue weighted by atomic mass is 9.76. The van der Waals surface area contributed by atoms with Crippen LogP contribution in [0.2, 0.25) is 0 Å². The van der Waals surface area contributed by atoms with Gasteiger partial charge in [0.1, 0.15) is 17.4 Å². The van der Waals surface area contributed by atoms with E-state index in [9.17, 15) is 24.9 Å². The van der Waals surface area contributed by atoms with E-state index in [4.69, 9.17) is 9.47 Å². The average Bonchev–Trinajstić information content (AvgIpc) is 3.02. The maximum Gasteiger partial charge on any atom is 0.258 e. The van der Waals surface area contributed by atoms with Crippen LogP contribution in [-0.4, -0.2) is 68.2 Å². The van der Waals surface area contributed by atoms with E-state index in [1.165, 1.54) is 24.0 Å². The average molecular weight is 443 g/mol. The van der Waals surface area contributed by atoms with Crippen LogP contribution in [0.5, 0.6) is 0 Å². The van der Waals surface area contributed by atoms with Crippen LogP contribution in [0, 0.1) is 11.8 Å². The van der Waals surface area contributed by atoms with Crippen molar-refractivity contribution < 1.29 is 34.4 Å². The molecular formula is C24H29NO7. The van der Waals surface area contributed by atoms with Crippen molar-refractivity contribution in [2.75, 3.05) is 0 Å². The molecule has 1 saturated carbocycles. The summed E-state index contributed by atoms with van der Waals surface area (Å²) >= 11 is 0. The van der Waals surface area contributed by atoms with Gasteiger partial charge in [-0.2, -0.15) is 0 Å². The van der Waals surface area contributed by atoms with Crippen LogP contribution >= 0.6 is 0 Å². The van der Waals surface area contributed by atoms with Crippen molar-refractivity contribution in [1.82, 2.24) is 4.90 Å². The Morgan fingerprint density at radius 3 is 2.59 bits per heavy atom. The Balaban J connectivity index is 1.58. The lowest BCUT2D eigenvalue weighted by Crippen LogP contribution is -2.49. The topological polar surface area (TPSA) is 117 Å². The van der Waals surface area contributed by atoms with E-state index in [1.54, 1.807) is 13.0 Å². The first-order valence-electron chi connectivity index (χ1n) is 11.2. The Hall–Kier alpha value is -2.26. The zero-order valence-electron chi connectivity index (χ0n) is 18.6. The molecule has 8 nitrogen and oxygen atoms in total. The quantitative estimate of drug-likeness (QED) is 0.556. The number of hydrogen-bond donors (Lipinski definition) is 3. The summed E-state index contributed by atoms with van der Waals surface area (Å²) in [6.45, 7) is 7.15. The fraction of sp³-hybridized carbons (Fsp3) is 0.583. The molecule has 0 radical (unpaired) electrons. The predicted octanol–water partition coefficient (Wildman–Crippen LogP) is 1.65. The fourth-order valence-corrected chi connectivity index (χ4v) is 6.10. The molecule has 1 amide bonds. The van der Waals surface area contributed by atoms with E-state index in [1.807, 2.05) is 13.8 Å². The van der Waals surface area contributed by atoms with Crippen molar-refractivity contribution in [3.63, 3.8) is 0 Å². The van der Waals surface area contributed by atoms with E-state index < -0.39 is 42.0 Å². The lowest BCUT2D eigenvalue weighted by Gasteiger charge is -2.39. The summed E-state index contributed by atoms with van der Waals surface area (Å²) in [5, 5.41) is 32.7. The van der Waals surface area contributed by atoms with Crippen LogP contribution in [0.1, 0.15) is 40.5 Å². The van der Waals surface area contributed by atoms with Crippen molar-refractivity contribution in [3.05, 3.63) is 46.4 Å². The van der Waals surface area contributed by atoms with Gasteiger partial charge in [0, 0.05) is 24.0 Å². The molecule has 32 heavy (non-hydrogen) atoms. The van der Waals surface area contributed by atoms with Crippen LogP contribution in [-0.2, 0) is 19.1 Å². The molecule has 0 aromatic rings. The van der Waals surface area contributed by atoms with Gasteiger partial charge < -0.3 is 24.8 Å². The summed E-state index contributed by atoms with van der Waals surface area (Å²) in [5.41, 5.74) is -0.0131. The number of nitrogens with zero attached hydrogens (tertiary/aromatic N) is 1. The zero-order chi connectivity index (χ0) is 23.1. The fourth-order valence-electron chi connectivity index (χ4n) is 6.10. The van der Waals surface area contributed by atoms with Crippen molar-refractivity contribution >= 4 is 11.7 Å². The first-order valence-corrected chi connectivity index (χ1v) is 11.2. The smallest absolute Gasteiger partial charge is 0.258 e. The Morgan fingerprint density at radius 1 is 1.19 bits per heavy atom. The standard InChI is InChI=1S/C24H29NO7/c1-10-7-16-21(28)12(3)23(29)25(16)18-9-14(26)8-15-22(11(2)20(10)24(15,18)30)32-19-6-5-17(27)13(4)31-19/h7-9,11,13,16-17,19-20,22,27-28,30H,5-6H2,1-4H3/t11-,13+,16+,17+,19-,20-,22+,24+/m1/s1. The molecule has 0 unspecified atom stereocenters. The molecule has 3 N–H and O–H groups in total. The molecule has 2 aliphatic carbocycles. The molecule has 1 saturated heterocycles. The van der Waals surface area contributed by atoms with Crippen LogP contribution in [0.15, 0.2) is 46.4 Å². The van der Waals surface area contributed by atoms with Gasteiger partial charge in [0.2, 0.25) is 0 Å². The number of allylic oxidation sites excluding steroid dienone is 2. The highest BCUT2D eigenvalue weighted by atomic mass is 16.7. The van der Waals surface area contributed by atoms with Crippen molar-refractivity contribution in [1.29, 1.82) is 0 Å². The molecule has 172 valence electrons. The van der Waals surface area contributed by atoms with Gasteiger partial charge in [-0.1, -0.05) is 18.6 Å². The van der Waals surface area contributed by atoms with Gasteiger partial charge in [-0.3, -0.25) is 14.5 Å². The minimum Gasteiger partial charge on any atom is -0.509 e. The van der Waals surface area contributed by atoms with E-state index in [0.717, 1.165) is 5.57 Å². The van der Waals surface area contributed by atoms with Gasteiger partial charge in [0.25, 0.3) is 5.91 Å². The summed E-state index contributed by atoms with van der Waals surface area (Å²) in [6, 6.07) is -0.744. The molecule has 3 aliphatic heterocycles. The zero-order valence-corrected chi connectivity index (χ0v) is 18.6. The molecule has 5 rings (SSSR count). The number of rotatable bonds is 2. The van der Waals surface area contributed by atoms with E-state index in [2.05, 4.69) is 0 Å². The third-order valence-electron chi connectivity index (χ3n) is 7.73. The second kappa shape index (κ2) is 7.12. The molecule has 0 aromatic carbocycles. The lowest BCUT2D eigenvalue weighted by molar-refractivity contribution is -0.233. The highest BCUT2D eigenvalue weighted by molar-refractivity contribution is 6.05. The van der Waals surface area contributed by atoms with E-state index in [-0.39, 0.29) is 34.8 Å². The van der Waals surface area contributed by atoms with Crippen molar-refractivity contribution in [3.8, 4) is 0 Å². The minimum atomic E-state index is -1.62. The van der Waals surface area contributed by atoms with Gasteiger partial charge in [-0.15, -0.1) is 0 Å². The number of ketones is 1. The number of amides is 1.